The van der Waals surface area contributed by atoms with E-state index in [4.69, 9.17) is 11.6 Å². The monoisotopic (exact) mass is 316 g/mol. The Hall–Kier alpha value is -1.79. The molecule has 1 heterocycles. The predicted molar refractivity (Wildman–Crippen MR) is 74.1 cm³/mol. The van der Waals surface area contributed by atoms with Crippen LogP contribution in [0.2, 0.25) is 5.02 Å². The van der Waals surface area contributed by atoms with Gasteiger partial charge in [-0.25, -0.2) is 4.98 Å². The minimum atomic E-state index is -4.49. The molecule has 21 heavy (non-hydrogen) atoms. The van der Waals surface area contributed by atoms with Gasteiger partial charge in [0, 0.05) is 12.7 Å². The number of aromatic nitrogens is 1. The minimum Gasteiger partial charge on any atom is -0.387 e. The van der Waals surface area contributed by atoms with Crippen molar-refractivity contribution in [3.8, 4) is 0 Å². The molecule has 112 valence electrons. The summed E-state index contributed by atoms with van der Waals surface area (Å²) in [5.41, 5.74) is -0.227. The van der Waals surface area contributed by atoms with Crippen LogP contribution in [0, 0.1) is 0 Å². The van der Waals surface area contributed by atoms with Gasteiger partial charge >= 0.3 is 6.18 Å². The van der Waals surface area contributed by atoms with Crippen LogP contribution in [0.4, 0.5) is 19.0 Å². The van der Waals surface area contributed by atoms with E-state index in [0.717, 1.165) is 6.07 Å². The highest BCUT2D eigenvalue weighted by atomic mass is 35.5. The largest absolute Gasteiger partial charge is 0.417 e. The van der Waals surface area contributed by atoms with E-state index >= 15 is 0 Å². The summed E-state index contributed by atoms with van der Waals surface area (Å²) in [6.45, 7) is 0.0854. The summed E-state index contributed by atoms with van der Waals surface area (Å²) in [4.78, 5) is 3.64. The zero-order valence-electron chi connectivity index (χ0n) is 10.7. The Balaban J connectivity index is 2.04. The van der Waals surface area contributed by atoms with E-state index in [-0.39, 0.29) is 17.4 Å². The van der Waals surface area contributed by atoms with E-state index in [1.165, 1.54) is 0 Å². The van der Waals surface area contributed by atoms with Gasteiger partial charge in [-0.2, -0.15) is 13.2 Å². The lowest BCUT2D eigenvalue weighted by atomic mass is 10.1. The van der Waals surface area contributed by atoms with Gasteiger partial charge in [0.15, 0.2) is 0 Å². The number of nitrogens with one attached hydrogen (secondary N) is 1. The molecule has 0 saturated heterocycles. The molecule has 1 atom stereocenters. The molecule has 1 aromatic heterocycles. The molecule has 0 saturated carbocycles. The topological polar surface area (TPSA) is 45.1 Å². The normalized spacial score (nSPS) is 13.0. The van der Waals surface area contributed by atoms with Crippen LogP contribution in [0.3, 0.4) is 0 Å². The maximum Gasteiger partial charge on any atom is 0.417 e. The Labute approximate surface area is 124 Å². The van der Waals surface area contributed by atoms with Crippen molar-refractivity contribution in [3.63, 3.8) is 0 Å². The molecule has 0 aliphatic carbocycles. The second kappa shape index (κ2) is 6.32. The number of alkyl halides is 3. The summed E-state index contributed by atoms with van der Waals surface area (Å²) < 4.78 is 37.4. The van der Waals surface area contributed by atoms with E-state index in [0.29, 0.717) is 11.8 Å². The quantitative estimate of drug-likeness (QED) is 0.899. The van der Waals surface area contributed by atoms with Crippen molar-refractivity contribution >= 4 is 17.4 Å². The predicted octanol–water partition coefficient (Wildman–Crippen LogP) is 3.90. The van der Waals surface area contributed by atoms with Gasteiger partial charge in [-0.05, 0) is 11.6 Å². The van der Waals surface area contributed by atoms with Crippen molar-refractivity contribution in [2.75, 3.05) is 11.9 Å². The molecule has 0 aliphatic rings. The number of hydrogen-bond donors (Lipinski definition) is 2. The van der Waals surface area contributed by atoms with Crippen molar-refractivity contribution in [2.45, 2.75) is 12.3 Å². The molecule has 0 spiro atoms. The molecule has 2 aromatic rings. The third kappa shape index (κ3) is 4.09. The Morgan fingerprint density at radius 2 is 1.90 bits per heavy atom. The molecular formula is C14H12ClF3N2O. The number of benzene rings is 1. The number of halogens is 4. The summed E-state index contributed by atoms with van der Waals surface area (Å²) in [7, 11) is 0. The number of hydrogen-bond acceptors (Lipinski definition) is 3. The minimum absolute atomic E-state index is 0.0854. The van der Waals surface area contributed by atoms with Gasteiger partial charge in [0.25, 0.3) is 0 Å². The lowest BCUT2D eigenvalue weighted by molar-refractivity contribution is -0.137. The van der Waals surface area contributed by atoms with Crippen molar-refractivity contribution in [1.29, 1.82) is 0 Å². The van der Waals surface area contributed by atoms with Crippen molar-refractivity contribution in [1.82, 2.24) is 4.98 Å². The first-order valence-corrected chi connectivity index (χ1v) is 6.45. The molecule has 1 unspecified atom stereocenters. The van der Waals surface area contributed by atoms with Crippen LogP contribution >= 0.6 is 11.6 Å². The van der Waals surface area contributed by atoms with E-state index in [2.05, 4.69) is 10.3 Å². The number of pyridine rings is 1. The zero-order valence-corrected chi connectivity index (χ0v) is 11.5. The first-order chi connectivity index (χ1) is 9.88. The molecular weight excluding hydrogens is 305 g/mol. The van der Waals surface area contributed by atoms with E-state index in [9.17, 15) is 18.3 Å². The summed E-state index contributed by atoms with van der Waals surface area (Å²) in [6.07, 6.45) is -4.60. The van der Waals surface area contributed by atoms with Gasteiger partial charge in [-0.1, -0.05) is 41.9 Å². The SMILES string of the molecule is OC(CNc1ncc(C(F)(F)F)cc1Cl)c1ccccc1. The fraction of sp³-hybridized carbons (Fsp3) is 0.214. The standard InChI is InChI=1S/C14H12ClF3N2O/c15-11-6-10(14(16,17)18)7-19-13(11)20-8-12(21)9-4-2-1-3-5-9/h1-7,12,21H,8H2,(H,19,20). The highest BCUT2D eigenvalue weighted by Gasteiger charge is 2.31. The fourth-order valence-corrected chi connectivity index (χ4v) is 1.94. The number of aliphatic hydroxyl groups excluding tert-OH is 1. The molecule has 0 aliphatic heterocycles. The molecule has 0 amide bonds. The highest BCUT2D eigenvalue weighted by Crippen LogP contribution is 2.32. The van der Waals surface area contributed by atoms with Gasteiger partial charge < -0.3 is 10.4 Å². The number of nitrogens with zero attached hydrogens (tertiary/aromatic N) is 1. The van der Waals surface area contributed by atoms with Crippen LogP contribution in [0.25, 0.3) is 0 Å². The number of rotatable bonds is 4. The van der Waals surface area contributed by atoms with Crippen LogP contribution in [0.5, 0.6) is 0 Å². The van der Waals surface area contributed by atoms with E-state index in [1.807, 2.05) is 6.07 Å². The van der Waals surface area contributed by atoms with Gasteiger partial charge in [-0.3, -0.25) is 0 Å². The fourth-order valence-electron chi connectivity index (χ4n) is 1.71. The average molecular weight is 317 g/mol. The molecule has 2 N–H and O–H groups in total. The Morgan fingerprint density at radius 3 is 2.48 bits per heavy atom. The first-order valence-electron chi connectivity index (χ1n) is 6.07. The van der Waals surface area contributed by atoms with Gasteiger partial charge in [0.1, 0.15) is 5.82 Å². The van der Waals surface area contributed by atoms with Crippen LogP contribution in [-0.2, 0) is 6.18 Å². The van der Waals surface area contributed by atoms with E-state index < -0.39 is 17.8 Å². The van der Waals surface area contributed by atoms with Crippen molar-refractivity contribution in [2.24, 2.45) is 0 Å². The second-order valence-electron chi connectivity index (χ2n) is 4.36. The maximum absolute atomic E-state index is 12.5. The molecule has 2 rings (SSSR count). The third-order valence-corrected chi connectivity index (χ3v) is 3.10. The Morgan fingerprint density at radius 1 is 1.24 bits per heavy atom. The summed E-state index contributed by atoms with van der Waals surface area (Å²) in [6, 6.07) is 9.66. The smallest absolute Gasteiger partial charge is 0.387 e. The molecule has 0 bridgehead atoms. The van der Waals surface area contributed by atoms with Crippen molar-refractivity contribution in [3.05, 3.63) is 58.7 Å². The van der Waals surface area contributed by atoms with Crippen molar-refractivity contribution < 1.29 is 18.3 Å². The number of anilines is 1. The molecule has 3 nitrogen and oxygen atoms in total. The van der Waals surface area contributed by atoms with Crippen LogP contribution in [-0.4, -0.2) is 16.6 Å². The third-order valence-electron chi connectivity index (χ3n) is 2.82. The number of aliphatic hydroxyl groups is 1. The zero-order chi connectivity index (χ0) is 15.5. The Bertz CT molecular complexity index is 605. The molecule has 0 fully saturated rings. The van der Waals surface area contributed by atoms with Crippen LogP contribution in [0.15, 0.2) is 42.6 Å². The highest BCUT2D eigenvalue weighted by molar-refractivity contribution is 6.32. The van der Waals surface area contributed by atoms with Gasteiger partial charge in [-0.15, -0.1) is 0 Å². The van der Waals surface area contributed by atoms with Gasteiger partial charge in [0.05, 0.1) is 16.7 Å². The van der Waals surface area contributed by atoms with Gasteiger partial charge in [0.2, 0.25) is 0 Å². The molecule has 1 aromatic carbocycles. The first kappa shape index (κ1) is 15.6. The second-order valence-corrected chi connectivity index (χ2v) is 4.77. The molecule has 7 heteroatoms. The Kier molecular flexibility index (Phi) is 4.69. The summed E-state index contributed by atoms with van der Waals surface area (Å²) in [5.74, 6) is 0.0969. The average Bonchev–Trinajstić information content (AvgIpc) is 2.45. The van der Waals surface area contributed by atoms with Crippen LogP contribution < -0.4 is 5.32 Å². The summed E-state index contributed by atoms with van der Waals surface area (Å²) >= 11 is 5.76. The lowest BCUT2D eigenvalue weighted by Crippen LogP contribution is -2.14. The lowest BCUT2D eigenvalue weighted by Gasteiger charge is -2.14. The maximum atomic E-state index is 12.5. The summed E-state index contributed by atoms with van der Waals surface area (Å²) in [5, 5.41) is 12.5. The molecule has 0 radical (unpaired) electrons. The van der Waals surface area contributed by atoms with E-state index in [1.54, 1.807) is 24.3 Å². The van der Waals surface area contributed by atoms with Crippen LogP contribution in [0.1, 0.15) is 17.2 Å².